The van der Waals surface area contributed by atoms with E-state index in [0.29, 0.717) is 28.7 Å². The third-order valence-corrected chi connectivity index (χ3v) is 5.55. The number of fused-ring (bicyclic) bond motifs is 3. The van der Waals surface area contributed by atoms with E-state index in [1.807, 2.05) is 6.92 Å². The van der Waals surface area contributed by atoms with Crippen molar-refractivity contribution in [1.82, 2.24) is 5.32 Å². The van der Waals surface area contributed by atoms with Crippen LogP contribution in [0.4, 0.5) is 23.7 Å². The monoisotopic (exact) mass is 423 g/mol. The predicted octanol–water partition coefficient (Wildman–Crippen LogP) is 4.50. The van der Waals surface area contributed by atoms with Crippen molar-refractivity contribution in [2.24, 2.45) is 4.99 Å². The molecule has 10 heteroatoms. The van der Waals surface area contributed by atoms with Crippen molar-refractivity contribution in [2.45, 2.75) is 23.7 Å². The second-order valence-corrected chi connectivity index (χ2v) is 7.27. The number of methoxy groups -OCH3 is 1. The van der Waals surface area contributed by atoms with Gasteiger partial charge in [-0.1, -0.05) is 12.1 Å². The highest BCUT2D eigenvalue weighted by Gasteiger charge is 2.61. The molecular formula is C19H16F3N3O3S. The number of amides is 2. The topological polar surface area (TPSA) is 63.2 Å². The Kier molecular flexibility index (Phi) is 4.60. The summed E-state index contributed by atoms with van der Waals surface area (Å²) < 4.78 is 53.0. The lowest BCUT2D eigenvalue weighted by Gasteiger charge is -2.38. The van der Waals surface area contributed by atoms with E-state index in [1.165, 1.54) is 31.4 Å². The summed E-state index contributed by atoms with van der Waals surface area (Å²) in [6.45, 7) is 2.27. The second kappa shape index (κ2) is 6.87. The van der Waals surface area contributed by atoms with Crippen LogP contribution >= 0.6 is 11.8 Å². The number of thioether (sulfide) groups is 1. The highest BCUT2D eigenvalue weighted by Crippen LogP contribution is 2.49. The minimum absolute atomic E-state index is 0.0504. The number of ether oxygens (including phenoxy) is 2. The van der Waals surface area contributed by atoms with E-state index >= 15 is 0 Å². The van der Waals surface area contributed by atoms with Crippen LogP contribution in [0.1, 0.15) is 12.5 Å². The van der Waals surface area contributed by atoms with Gasteiger partial charge in [0.25, 0.3) is 5.66 Å². The number of aliphatic imine (C=N–C) groups is 1. The summed E-state index contributed by atoms with van der Waals surface area (Å²) in [6.07, 6.45) is -4.86. The molecule has 2 aliphatic heterocycles. The molecule has 0 spiro atoms. The number of amidine groups is 1. The summed E-state index contributed by atoms with van der Waals surface area (Å²) in [7, 11) is 1.41. The Labute approximate surface area is 168 Å². The van der Waals surface area contributed by atoms with Crippen molar-refractivity contribution in [3.05, 3.63) is 48.0 Å². The number of nitrogens with one attached hydrogen (secondary N) is 1. The number of rotatable bonds is 4. The third kappa shape index (κ3) is 3.07. The molecule has 2 aromatic carbocycles. The van der Waals surface area contributed by atoms with E-state index in [-0.39, 0.29) is 10.7 Å². The first kappa shape index (κ1) is 19.4. The van der Waals surface area contributed by atoms with E-state index in [1.54, 1.807) is 18.2 Å². The molecule has 0 unspecified atom stereocenters. The molecule has 2 aliphatic rings. The molecule has 0 fully saturated rings. The van der Waals surface area contributed by atoms with Crippen LogP contribution < -0.4 is 19.7 Å². The van der Waals surface area contributed by atoms with Gasteiger partial charge < -0.3 is 14.8 Å². The van der Waals surface area contributed by atoms with Crippen LogP contribution in [0, 0.1) is 0 Å². The standard InChI is InChI=1S/C19H16F3N3O3S/c1-3-28-13-8-9-14-15(10-13)29-17-24-18(19(20,21)22,23-16(26)25(14)17)11-4-6-12(27-2)7-5-11/h4-10H,3H2,1-2H3,(H,23,26)/t18-/m1/s1. The van der Waals surface area contributed by atoms with Crippen molar-refractivity contribution >= 4 is 28.6 Å². The van der Waals surface area contributed by atoms with E-state index in [4.69, 9.17) is 9.47 Å². The zero-order valence-corrected chi connectivity index (χ0v) is 16.2. The van der Waals surface area contributed by atoms with Gasteiger partial charge in [-0.25, -0.2) is 14.7 Å². The Morgan fingerprint density at radius 3 is 2.48 bits per heavy atom. The highest BCUT2D eigenvalue weighted by atomic mass is 32.2. The number of carbonyl (C=O) groups is 1. The molecule has 0 radical (unpaired) electrons. The lowest BCUT2D eigenvalue weighted by atomic mass is 9.98. The molecule has 0 bridgehead atoms. The Morgan fingerprint density at radius 1 is 1.17 bits per heavy atom. The molecule has 152 valence electrons. The summed E-state index contributed by atoms with van der Waals surface area (Å²) >= 11 is 0.995. The van der Waals surface area contributed by atoms with E-state index < -0.39 is 17.9 Å². The van der Waals surface area contributed by atoms with Gasteiger partial charge >= 0.3 is 12.2 Å². The van der Waals surface area contributed by atoms with Crippen LogP contribution in [0.2, 0.25) is 0 Å². The number of urea groups is 1. The predicted molar refractivity (Wildman–Crippen MR) is 103 cm³/mol. The number of benzene rings is 2. The number of anilines is 1. The van der Waals surface area contributed by atoms with Crippen LogP contribution in [0.3, 0.4) is 0 Å². The van der Waals surface area contributed by atoms with Crippen molar-refractivity contribution in [2.75, 3.05) is 18.6 Å². The van der Waals surface area contributed by atoms with Gasteiger partial charge in [-0.05, 0) is 49.0 Å². The maximum Gasteiger partial charge on any atom is 0.436 e. The summed E-state index contributed by atoms with van der Waals surface area (Å²) in [6, 6.07) is 9.34. The van der Waals surface area contributed by atoms with Crippen molar-refractivity contribution < 1.29 is 27.4 Å². The molecule has 4 rings (SSSR count). The average molecular weight is 423 g/mol. The highest BCUT2D eigenvalue weighted by molar-refractivity contribution is 8.15. The average Bonchev–Trinajstić information content (AvgIpc) is 3.05. The summed E-state index contributed by atoms with van der Waals surface area (Å²) in [5.41, 5.74) is -2.64. The van der Waals surface area contributed by atoms with E-state index in [2.05, 4.69) is 10.3 Å². The van der Waals surface area contributed by atoms with Crippen LogP contribution in [0.15, 0.2) is 52.4 Å². The van der Waals surface area contributed by atoms with Gasteiger partial charge in [0.2, 0.25) is 0 Å². The van der Waals surface area contributed by atoms with Gasteiger partial charge in [-0.3, -0.25) is 0 Å². The normalized spacial score (nSPS) is 20.5. The Morgan fingerprint density at radius 2 is 1.86 bits per heavy atom. The zero-order valence-electron chi connectivity index (χ0n) is 15.4. The SMILES string of the molecule is CCOc1ccc2c(c1)SC1=N[C@](c3ccc(OC)cc3)(C(F)(F)F)NC(=O)N12. The maximum atomic E-state index is 14.2. The van der Waals surface area contributed by atoms with E-state index in [0.717, 1.165) is 16.7 Å². The maximum absolute atomic E-state index is 14.2. The summed E-state index contributed by atoms with van der Waals surface area (Å²) in [4.78, 5) is 18.5. The van der Waals surface area contributed by atoms with Crippen molar-refractivity contribution in [1.29, 1.82) is 0 Å². The Bertz CT molecular complexity index is 994. The van der Waals surface area contributed by atoms with Crippen LogP contribution in [-0.4, -0.2) is 31.1 Å². The van der Waals surface area contributed by atoms with Gasteiger partial charge in [-0.2, -0.15) is 13.2 Å². The van der Waals surface area contributed by atoms with Gasteiger partial charge in [0.05, 0.1) is 19.4 Å². The molecular weight excluding hydrogens is 407 g/mol. The molecule has 1 N–H and O–H groups in total. The summed E-state index contributed by atoms with van der Waals surface area (Å²) in [5.74, 6) is 0.963. The molecule has 0 saturated carbocycles. The fourth-order valence-corrected chi connectivity index (χ4v) is 4.27. The van der Waals surface area contributed by atoms with Crippen molar-refractivity contribution in [3.63, 3.8) is 0 Å². The molecule has 1 atom stereocenters. The number of halogens is 3. The Balaban J connectivity index is 1.82. The molecule has 0 aromatic heterocycles. The third-order valence-electron chi connectivity index (χ3n) is 4.55. The second-order valence-electron chi connectivity index (χ2n) is 6.26. The van der Waals surface area contributed by atoms with Crippen LogP contribution in [0.5, 0.6) is 11.5 Å². The molecule has 0 saturated heterocycles. The number of hydrogen-bond acceptors (Lipinski definition) is 5. The lowest BCUT2D eigenvalue weighted by Crippen LogP contribution is -2.62. The minimum atomic E-state index is -4.86. The van der Waals surface area contributed by atoms with Crippen molar-refractivity contribution in [3.8, 4) is 11.5 Å². The number of hydrogen-bond donors (Lipinski definition) is 1. The van der Waals surface area contributed by atoms with Gasteiger partial charge in [0, 0.05) is 10.5 Å². The molecule has 2 amide bonds. The zero-order chi connectivity index (χ0) is 20.8. The first-order valence-corrected chi connectivity index (χ1v) is 9.49. The van der Waals surface area contributed by atoms with Gasteiger partial charge in [-0.15, -0.1) is 0 Å². The fraction of sp³-hybridized carbons (Fsp3) is 0.263. The van der Waals surface area contributed by atoms with Gasteiger partial charge in [0.1, 0.15) is 11.5 Å². The first-order chi connectivity index (χ1) is 13.8. The first-order valence-electron chi connectivity index (χ1n) is 8.67. The lowest BCUT2D eigenvalue weighted by molar-refractivity contribution is -0.195. The number of alkyl halides is 3. The molecule has 2 heterocycles. The number of nitrogens with zero attached hydrogens (tertiary/aromatic N) is 2. The quantitative estimate of drug-likeness (QED) is 0.787. The smallest absolute Gasteiger partial charge is 0.436 e. The van der Waals surface area contributed by atoms with Crippen LogP contribution in [0.25, 0.3) is 0 Å². The largest absolute Gasteiger partial charge is 0.497 e. The molecule has 29 heavy (non-hydrogen) atoms. The van der Waals surface area contributed by atoms with Crippen LogP contribution in [-0.2, 0) is 5.66 Å². The summed E-state index contributed by atoms with van der Waals surface area (Å²) in [5, 5.41) is 2.01. The fourth-order valence-electron chi connectivity index (χ4n) is 3.18. The molecule has 2 aromatic rings. The van der Waals surface area contributed by atoms with Gasteiger partial charge in [0.15, 0.2) is 5.17 Å². The minimum Gasteiger partial charge on any atom is -0.497 e. The Hall–Kier alpha value is -2.88. The molecule has 0 aliphatic carbocycles. The molecule has 6 nitrogen and oxygen atoms in total. The van der Waals surface area contributed by atoms with E-state index in [9.17, 15) is 18.0 Å². The number of carbonyl (C=O) groups excluding carboxylic acids is 1.